The molecule has 0 saturated heterocycles. The van der Waals surface area contributed by atoms with Gasteiger partial charge in [0.2, 0.25) is 0 Å². The average molecular weight is 509 g/mol. The van der Waals surface area contributed by atoms with Gasteiger partial charge in [-0.15, -0.1) is 0 Å². The van der Waals surface area contributed by atoms with E-state index < -0.39 is 18.4 Å². The Balaban J connectivity index is 2.43. The summed E-state index contributed by atoms with van der Waals surface area (Å²) in [7, 11) is 1.81. The minimum atomic E-state index is -2.54. The average Bonchev–Trinajstić information content (AvgIpc) is 3.12. The van der Waals surface area contributed by atoms with Crippen molar-refractivity contribution in [3.05, 3.63) is 36.5 Å². The molecule has 0 unspecified atom stereocenters. The summed E-state index contributed by atoms with van der Waals surface area (Å²) >= 11 is -0.768. The van der Waals surface area contributed by atoms with E-state index in [9.17, 15) is 0 Å². The monoisotopic (exact) mass is 510 g/mol. The topological polar surface area (TPSA) is 27.1 Å². The molecule has 28 heavy (non-hydrogen) atoms. The zero-order valence-corrected chi connectivity index (χ0v) is 21.9. The first kappa shape index (κ1) is 23.8. The second-order valence-corrected chi connectivity index (χ2v) is 21.9. The summed E-state index contributed by atoms with van der Waals surface area (Å²) in [6.45, 7) is 7.62. The van der Waals surface area contributed by atoms with Crippen molar-refractivity contribution in [1.82, 2.24) is 9.55 Å². The van der Waals surface area contributed by atoms with E-state index in [2.05, 4.69) is 61.9 Å². The summed E-state index contributed by atoms with van der Waals surface area (Å²) in [5, 5.41) is 1.09. The van der Waals surface area contributed by atoms with Crippen molar-refractivity contribution in [1.29, 1.82) is 0 Å². The van der Waals surface area contributed by atoms with Crippen molar-refractivity contribution in [2.75, 3.05) is 7.11 Å². The van der Waals surface area contributed by atoms with E-state index in [0.717, 1.165) is 5.16 Å². The molecule has 2 aromatic rings. The summed E-state index contributed by atoms with van der Waals surface area (Å²) in [4.78, 5) is 6.16. The molecule has 0 spiro atoms. The molecule has 0 saturated carbocycles. The third kappa shape index (κ3) is 6.53. The molecular formula is C23H38N2OSSn. The van der Waals surface area contributed by atoms with Crippen LogP contribution in [0.4, 0.5) is 0 Å². The number of ether oxygens (including phenoxy) is 1. The zero-order chi connectivity index (χ0) is 20.2. The van der Waals surface area contributed by atoms with Crippen molar-refractivity contribution in [3.8, 4) is 0 Å². The van der Waals surface area contributed by atoms with Crippen molar-refractivity contribution < 1.29 is 4.74 Å². The summed E-state index contributed by atoms with van der Waals surface area (Å²) in [6, 6.07) is 10.6. The number of benzene rings is 1. The summed E-state index contributed by atoms with van der Waals surface area (Å²) in [5.74, 6) is 0. The van der Waals surface area contributed by atoms with Crippen LogP contribution in [-0.2, 0) is 11.5 Å². The van der Waals surface area contributed by atoms with Crippen molar-refractivity contribution in [2.45, 2.75) is 89.4 Å². The number of hydrogen-bond acceptors (Lipinski definition) is 3. The van der Waals surface area contributed by atoms with E-state index in [-0.39, 0.29) is 0 Å². The quantitative estimate of drug-likeness (QED) is 0.266. The first-order valence-electron chi connectivity index (χ1n) is 11.0. The Kier molecular flexibility index (Phi) is 11.0. The van der Waals surface area contributed by atoms with E-state index >= 15 is 0 Å². The van der Waals surface area contributed by atoms with Crippen LogP contribution >= 0.6 is 11.8 Å². The first-order chi connectivity index (χ1) is 13.7. The molecule has 1 heterocycles. The molecule has 0 aliphatic rings. The molecule has 0 bridgehead atoms. The Morgan fingerprint density at radius 1 is 0.929 bits per heavy atom. The van der Waals surface area contributed by atoms with Crippen LogP contribution in [0.15, 0.2) is 46.6 Å². The van der Waals surface area contributed by atoms with E-state index in [0.29, 0.717) is 6.73 Å². The van der Waals surface area contributed by atoms with Gasteiger partial charge in [0.05, 0.1) is 0 Å². The van der Waals surface area contributed by atoms with Gasteiger partial charge >= 0.3 is 181 Å². The van der Waals surface area contributed by atoms with Gasteiger partial charge in [-0.25, -0.2) is 0 Å². The maximum atomic E-state index is 5.66. The van der Waals surface area contributed by atoms with E-state index in [1.807, 2.05) is 7.11 Å². The van der Waals surface area contributed by atoms with Crippen molar-refractivity contribution in [2.24, 2.45) is 0 Å². The first-order valence-corrected chi connectivity index (χ1v) is 19.3. The van der Waals surface area contributed by atoms with Crippen LogP contribution in [-0.4, -0.2) is 35.0 Å². The van der Waals surface area contributed by atoms with Crippen LogP contribution in [0.25, 0.3) is 0 Å². The number of methoxy groups -OCH3 is 1. The fourth-order valence-electron chi connectivity index (χ4n) is 4.02. The van der Waals surface area contributed by atoms with Crippen LogP contribution in [0.1, 0.15) is 59.3 Å². The van der Waals surface area contributed by atoms with Crippen molar-refractivity contribution >= 4 is 33.8 Å². The molecule has 0 radical (unpaired) electrons. The van der Waals surface area contributed by atoms with Gasteiger partial charge < -0.3 is 0 Å². The molecule has 1 aromatic heterocycles. The Morgan fingerprint density at radius 2 is 1.50 bits per heavy atom. The van der Waals surface area contributed by atoms with Crippen molar-refractivity contribution in [3.63, 3.8) is 0 Å². The summed E-state index contributed by atoms with van der Waals surface area (Å²) in [5.41, 5.74) is 0. The summed E-state index contributed by atoms with van der Waals surface area (Å²) < 4.78 is 14.0. The number of rotatable bonds is 14. The number of nitrogens with zero attached hydrogens (tertiary/aromatic N) is 2. The fourth-order valence-corrected chi connectivity index (χ4v) is 21.4. The number of unbranched alkanes of at least 4 members (excludes halogenated alkanes) is 3. The van der Waals surface area contributed by atoms with Gasteiger partial charge in [0.1, 0.15) is 0 Å². The molecule has 2 rings (SSSR count). The zero-order valence-electron chi connectivity index (χ0n) is 18.2. The molecule has 0 N–H and O–H groups in total. The Labute approximate surface area is 180 Å². The molecule has 5 heteroatoms. The van der Waals surface area contributed by atoms with Crippen LogP contribution < -0.4 is 3.71 Å². The molecule has 0 aliphatic heterocycles. The van der Waals surface area contributed by atoms with E-state index in [1.165, 1.54) is 56.7 Å². The van der Waals surface area contributed by atoms with Gasteiger partial charge in [0.15, 0.2) is 0 Å². The second kappa shape index (κ2) is 13.0. The Morgan fingerprint density at radius 3 is 2.00 bits per heavy atom. The third-order valence-corrected chi connectivity index (χ3v) is 22.1. The molecular weight excluding hydrogens is 471 g/mol. The van der Waals surface area contributed by atoms with Gasteiger partial charge in [0, 0.05) is 0 Å². The van der Waals surface area contributed by atoms with E-state index in [1.54, 1.807) is 15.5 Å². The molecule has 156 valence electrons. The normalized spacial score (nSPS) is 11.9. The number of imidazole rings is 1. The molecule has 0 aliphatic carbocycles. The SMILES string of the molecule is CCC[CH2][Sn]([CH2]CCC)([CH2]CCC)[c]1cnc(Sc2ccccc2)n1COC. The Hall–Kier alpha value is -0.461. The standard InChI is InChI=1S/C11H11N2OS.3C4H9.Sn/c1-14-9-13-8-7-12-11(13)15-10-5-3-2-4-6-10;3*1-3-4-2;/h2-7H,9H2,1H3;3*1,3-4H2,2H3;. The van der Waals surface area contributed by atoms with E-state index in [4.69, 9.17) is 9.72 Å². The van der Waals surface area contributed by atoms with Gasteiger partial charge in [-0.1, -0.05) is 0 Å². The maximum absolute atomic E-state index is 5.66. The fraction of sp³-hybridized carbons (Fsp3) is 0.609. The van der Waals surface area contributed by atoms with Gasteiger partial charge in [-0.05, 0) is 0 Å². The molecule has 0 fully saturated rings. The number of aromatic nitrogens is 2. The third-order valence-electron chi connectivity index (χ3n) is 5.60. The Bertz CT molecular complexity index is 653. The molecule has 0 atom stereocenters. The minimum absolute atomic E-state index is 0.619. The second-order valence-electron chi connectivity index (χ2n) is 7.78. The summed E-state index contributed by atoms with van der Waals surface area (Å²) in [6.07, 6.45) is 10.2. The van der Waals surface area contributed by atoms with Crippen LogP contribution in [0.5, 0.6) is 0 Å². The molecule has 0 amide bonds. The molecule has 1 aromatic carbocycles. The van der Waals surface area contributed by atoms with Crippen LogP contribution in [0.2, 0.25) is 13.3 Å². The number of hydrogen-bond donors (Lipinski definition) is 0. The predicted octanol–water partition coefficient (Wildman–Crippen LogP) is 6.69. The van der Waals surface area contributed by atoms with Crippen LogP contribution in [0.3, 0.4) is 0 Å². The van der Waals surface area contributed by atoms with Gasteiger partial charge in [0.25, 0.3) is 0 Å². The van der Waals surface area contributed by atoms with Gasteiger partial charge in [-0.3, -0.25) is 0 Å². The molecule has 3 nitrogen and oxygen atoms in total. The van der Waals surface area contributed by atoms with Crippen LogP contribution in [0, 0.1) is 0 Å². The predicted molar refractivity (Wildman–Crippen MR) is 124 cm³/mol. The van der Waals surface area contributed by atoms with Gasteiger partial charge in [-0.2, -0.15) is 0 Å².